The van der Waals surface area contributed by atoms with Crippen molar-refractivity contribution < 1.29 is 14.3 Å². The zero-order chi connectivity index (χ0) is 14.0. The lowest BCUT2D eigenvalue weighted by Crippen LogP contribution is -2.42. The van der Waals surface area contributed by atoms with Crippen molar-refractivity contribution >= 4 is 17.2 Å². The molecule has 2 N–H and O–H groups in total. The summed E-state index contributed by atoms with van der Waals surface area (Å²) in [5.74, 6) is 0.644. The highest BCUT2D eigenvalue weighted by atomic mass is 32.1. The molecule has 0 spiro atoms. The zero-order valence-electron chi connectivity index (χ0n) is 11.0. The second kappa shape index (κ2) is 5.42. The first-order valence-corrected chi connectivity index (χ1v) is 7.62. The van der Waals surface area contributed by atoms with E-state index in [9.17, 15) is 9.90 Å². The van der Waals surface area contributed by atoms with E-state index in [1.54, 1.807) is 29.7 Å². The Morgan fingerprint density at radius 2 is 2.30 bits per heavy atom. The Hall–Kier alpha value is -1.59. The molecule has 0 bridgehead atoms. The number of thiophene rings is 1. The lowest BCUT2D eigenvalue weighted by Gasteiger charge is -2.26. The standard InChI is InChI=1S/C15H17NO3S/c17-14(9-12-3-2-8-20-12)16-10-15(18,11-5-6-11)13-4-1-7-19-13/h1-4,7-8,11,18H,5-6,9-10H2,(H,16,17)/t15-/m0/s1. The molecule has 2 heterocycles. The van der Waals surface area contributed by atoms with Gasteiger partial charge in [-0.15, -0.1) is 11.3 Å². The van der Waals surface area contributed by atoms with Crippen LogP contribution in [0, 0.1) is 5.92 Å². The van der Waals surface area contributed by atoms with E-state index in [4.69, 9.17) is 4.42 Å². The normalized spacial score (nSPS) is 17.6. The Bertz CT molecular complexity index is 560. The largest absolute Gasteiger partial charge is 0.466 e. The fraction of sp³-hybridized carbons (Fsp3) is 0.400. The maximum absolute atomic E-state index is 11.9. The highest BCUT2D eigenvalue weighted by Crippen LogP contribution is 2.45. The lowest BCUT2D eigenvalue weighted by atomic mass is 9.94. The Labute approximate surface area is 121 Å². The zero-order valence-corrected chi connectivity index (χ0v) is 11.9. The van der Waals surface area contributed by atoms with E-state index in [2.05, 4.69) is 5.32 Å². The molecule has 2 aromatic heterocycles. The van der Waals surface area contributed by atoms with Crippen molar-refractivity contribution in [1.29, 1.82) is 0 Å². The van der Waals surface area contributed by atoms with Crippen LogP contribution in [0.3, 0.4) is 0 Å². The van der Waals surface area contributed by atoms with E-state index in [0.717, 1.165) is 17.7 Å². The number of amides is 1. The minimum Gasteiger partial charge on any atom is -0.466 e. The average Bonchev–Trinajstić information content (AvgIpc) is 2.93. The molecule has 0 aliphatic heterocycles. The van der Waals surface area contributed by atoms with Crippen molar-refractivity contribution in [2.45, 2.75) is 24.9 Å². The maximum atomic E-state index is 11.9. The van der Waals surface area contributed by atoms with Crippen LogP contribution in [0.2, 0.25) is 0 Å². The molecule has 0 aromatic carbocycles. The van der Waals surface area contributed by atoms with Gasteiger partial charge in [0.15, 0.2) is 0 Å². The molecule has 0 radical (unpaired) electrons. The second-order valence-corrected chi connectivity index (χ2v) is 6.24. The van der Waals surface area contributed by atoms with Gasteiger partial charge in [-0.1, -0.05) is 6.07 Å². The van der Waals surface area contributed by atoms with E-state index in [-0.39, 0.29) is 18.4 Å². The van der Waals surface area contributed by atoms with Gasteiger partial charge in [0.2, 0.25) is 5.91 Å². The number of carbonyl (C=O) groups excluding carboxylic acids is 1. The maximum Gasteiger partial charge on any atom is 0.225 e. The molecular formula is C15H17NO3S. The molecule has 1 aliphatic rings. The van der Waals surface area contributed by atoms with E-state index in [1.807, 2.05) is 17.5 Å². The summed E-state index contributed by atoms with van der Waals surface area (Å²) in [5.41, 5.74) is -1.07. The number of hydrogen-bond acceptors (Lipinski definition) is 4. The van der Waals surface area contributed by atoms with Gasteiger partial charge in [-0.2, -0.15) is 0 Å². The van der Waals surface area contributed by atoms with Gasteiger partial charge >= 0.3 is 0 Å². The van der Waals surface area contributed by atoms with Crippen LogP contribution in [0.25, 0.3) is 0 Å². The van der Waals surface area contributed by atoms with Crippen LogP contribution in [-0.4, -0.2) is 17.6 Å². The topological polar surface area (TPSA) is 62.5 Å². The SMILES string of the molecule is O=C(Cc1cccs1)NC[C@@](O)(c1ccco1)C1CC1. The molecule has 20 heavy (non-hydrogen) atoms. The van der Waals surface area contributed by atoms with Gasteiger partial charge in [0, 0.05) is 4.88 Å². The van der Waals surface area contributed by atoms with E-state index >= 15 is 0 Å². The second-order valence-electron chi connectivity index (χ2n) is 5.21. The van der Waals surface area contributed by atoms with Crippen LogP contribution in [0.5, 0.6) is 0 Å². The molecule has 1 saturated carbocycles. The monoisotopic (exact) mass is 291 g/mol. The molecule has 1 fully saturated rings. The number of aliphatic hydroxyl groups is 1. The van der Waals surface area contributed by atoms with Gasteiger partial charge < -0.3 is 14.8 Å². The van der Waals surface area contributed by atoms with Crippen LogP contribution in [-0.2, 0) is 16.8 Å². The lowest BCUT2D eigenvalue weighted by molar-refractivity contribution is -0.122. The van der Waals surface area contributed by atoms with Gasteiger partial charge in [0.1, 0.15) is 11.4 Å². The van der Waals surface area contributed by atoms with Gasteiger partial charge in [-0.05, 0) is 42.3 Å². The summed E-state index contributed by atoms with van der Waals surface area (Å²) in [4.78, 5) is 12.9. The van der Waals surface area contributed by atoms with E-state index in [0.29, 0.717) is 12.2 Å². The summed E-state index contributed by atoms with van der Waals surface area (Å²) in [6.45, 7) is 0.204. The number of nitrogens with one attached hydrogen (secondary N) is 1. The first kappa shape index (κ1) is 13.4. The molecule has 5 heteroatoms. The quantitative estimate of drug-likeness (QED) is 0.858. The van der Waals surface area contributed by atoms with Crippen LogP contribution in [0.15, 0.2) is 40.3 Å². The molecule has 3 rings (SSSR count). The highest BCUT2D eigenvalue weighted by molar-refractivity contribution is 7.10. The average molecular weight is 291 g/mol. The van der Waals surface area contributed by atoms with Crippen LogP contribution in [0.1, 0.15) is 23.5 Å². The molecule has 1 aliphatic carbocycles. The van der Waals surface area contributed by atoms with Gasteiger partial charge in [-0.3, -0.25) is 4.79 Å². The summed E-state index contributed by atoms with van der Waals surface area (Å²) < 4.78 is 5.34. The van der Waals surface area contributed by atoms with Crippen LogP contribution < -0.4 is 5.32 Å². The van der Waals surface area contributed by atoms with Gasteiger partial charge in [0.05, 0.1) is 19.2 Å². The summed E-state index contributed by atoms with van der Waals surface area (Å²) in [6, 6.07) is 7.39. The Morgan fingerprint density at radius 3 is 2.90 bits per heavy atom. The Kier molecular flexibility index (Phi) is 3.63. The number of rotatable bonds is 6. The third-order valence-electron chi connectivity index (χ3n) is 3.67. The number of furan rings is 1. The first-order chi connectivity index (χ1) is 9.68. The van der Waals surface area contributed by atoms with Crippen molar-refractivity contribution in [2.75, 3.05) is 6.54 Å². The summed E-state index contributed by atoms with van der Waals surface area (Å²) in [5, 5.41) is 15.6. The first-order valence-electron chi connectivity index (χ1n) is 6.74. The molecule has 0 unspecified atom stereocenters. The van der Waals surface area contributed by atoms with Crippen molar-refractivity contribution in [3.05, 3.63) is 46.5 Å². The summed E-state index contributed by atoms with van der Waals surface area (Å²) in [6.07, 6.45) is 3.85. The molecule has 0 saturated heterocycles. The molecule has 106 valence electrons. The fourth-order valence-corrected chi connectivity index (χ4v) is 3.09. The Morgan fingerprint density at radius 1 is 1.45 bits per heavy atom. The molecule has 1 amide bonds. The van der Waals surface area contributed by atoms with Crippen molar-refractivity contribution in [3.8, 4) is 0 Å². The van der Waals surface area contributed by atoms with Crippen molar-refractivity contribution in [1.82, 2.24) is 5.32 Å². The van der Waals surface area contributed by atoms with Crippen molar-refractivity contribution in [2.24, 2.45) is 5.92 Å². The van der Waals surface area contributed by atoms with E-state index in [1.165, 1.54) is 0 Å². The molecule has 1 atom stereocenters. The van der Waals surface area contributed by atoms with Crippen LogP contribution in [0.4, 0.5) is 0 Å². The summed E-state index contributed by atoms with van der Waals surface area (Å²) >= 11 is 1.56. The van der Waals surface area contributed by atoms with Gasteiger partial charge in [-0.25, -0.2) is 0 Å². The molecular weight excluding hydrogens is 274 g/mol. The third-order valence-corrected chi connectivity index (χ3v) is 4.55. The molecule has 2 aromatic rings. The predicted molar refractivity (Wildman–Crippen MR) is 76.4 cm³/mol. The van der Waals surface area contributed by atoms with E-state index < -0.39 is 5.60 Å². The fourth-order valence-electron chi connectivity index (χ4n) is 2.39. The number of hydrogen-bond donors (Lipinski definition) is 2. The van der Waals surface area contributed by atoms with Crippen LogP contribution >= 0.6 is 11.3 Å². The smallest absolute Gasteiger partial charge is 0.225 e. The minimum atomic E-state index is -1.07. The van der Waals surface area contributed by atoms with Crippen molar-refractivity contribution in [3.63, 3.8) is 0 Å². The predicted octanol–water partition coefficient (Wildman–Crippen LogP) is 2.30. The minimum absolute atomic E-state index is 0.0712. The highest BCUT2D eigenvalue weighted by Gasteiger charge is 2.47. The summed E-state index contributed by atoms with van der Waals surface area (Å²) in [7, 11) is 0. The van der Waals surface area contributed by atoms with Gasteiger partial charge in [0.25, 0.3) is 0 Å². The number of carbonyl (C=O) groups is 1. The molecule has 4 nitrogen and oxygen atoms in total. The Balaban J connectivity index is 1.62. The third kappa shape index (κ3) is 2.78.